The summed E-state index contributed by atoms with van der Waals surface area (Å²) in [4.78, 5) is 13.7. The Labute approximate surface area is 96.2 Å². The molecule has 1 aliphatic rings. The Bertz CT molecular complexity index is 407. The van der Waals surface area contributed by atoms with Gasteiger partial charge >= 0.3 is 0 Å². The Hall–Kier alpha value is -1.35. The molecule has 3 heteroatoms. The summed E-state index contributed by atoms with van der Waals surface area (Å²) in [6.07, 6.45) is 1.34. The summed E-state index contributed by atoms with van der Waals surface area (Å²) in [6.45, 7) is 4.68. The first-order chi connectivity index (χ1) is 7.47. The molecule has 0 saturated carbocycles. The molecule has 0 radical (unpaired) electrons. The molecule has 16 heavy (non-hydrogen) atoms. The van der Waals surface area contributed by atoms with Crippen molar-refractivity contribution in [3.8, 4) is 0 Å². The Morgan fingerprint density at radius 2 is 2.06 bits per heavy atom. The van der Waals surface area contributed by atoms with Crippen LogP contribution in [0.4, 0.5) is 5.69 Å². The molecule has 0 aliphatic carbocycles. The Balaban J connectivity index is 2.14. The number of carbonyl (C=O) groups excluding carboxylic acids is 1. The summed E-state index contributed by atoms with van der Waals surface area (Å²) in [7, 11) is 0. The molecule has 2 rings (SSSR count). The zero-order valence-corrected chi connectivity index (χ0v) is 9.86. The topological polar surface area (TPSA) is 46.3 Å². The van der Waals surface area contributed by atoms with Crippen LogP contribution in [0.5, 0.6) is 0 Å². The molecule has 1 amide bonds. The van der Waals surface area contributed by atoms with Crippen LogP contribution in [0.25, 0.3) is 0 Å². The van der Waals surface area contributed by atoms with Crippen LogP contribution in [0.2, 0.25) is 0 Å². The highest BCUT2D eigenvalue weighted by Gasteiger charge is 2.27. The normalized spacial score (nSPS) is 15.4. The van der Waals surface area contributed by atoms with E-state index in [0.29, 0.717) is 13.0 Å². The smallest absolute Gasteiger partial charge is 0.231 e. The second-order valence-electron chi connectivity index (χ2n) is 5.09. The standard InChI is InChI=1S/C13H18N2O/c1-13(2,14)7-8-15-11-6-4-3-5-10(11)9-12(15)16/h3-6H,7-9,14H2,1-2H3. The van der Waals surface area contributed by atoms with E-state index in [0.717, 1.165) is 17.7 Å². The lowest BCUT2D eigenvalue weighted by Crippen LogP contribution is -2.38. The maximum atomic E-state index is 11.8. The molecule has 0 unspecified atom stereocenters. The van der Waals surface area contributed by atoms with Gasteiger partial charge in [0.1, 0.15) is 0 Å². The van der Waals surface area contributed by atoms with E-state index in [4.69, 9.17) is 5.73 Å². The van der Waals surface area contributed by atoms with Crippen molar-refractivity contribution in [3.05, 3.63) is 29.8 Å². The predicted octanol–water partition coefficient (Wildman–Crippen LogP) is 1.70. The first-order valence-electron chi connectivity index (χ1n) is 5.64. The zero-order valence-electron chi connectivity index (χ0n) is 9.86. The fourth-order valence-corrected chi connectivity index (χ4v) is 1.96. The van der Waals surface area contributed by atoms with E-state index in [1.165, 1.54) is 0 Å². The van der Waals surface area contributed by atoms with Gasteiger partial charge in [0.15, 0.2) is 0 Å². The molecule has 0 bridgehead atoms. The van der Waals surface area contributed by atoms with E-state index >= 15 is 0 Å². The number of hydrogen-bond donors (Lipinski definition) is 1. The SMILES string of the molecule is CC(C)(N)CCN1C(=O)Cc2ccccc21. The van der Waals surface area contributed by atoms with Crippen LogP contribution in [0.1, 0.15) is 25.8 Å². The van der Waals surface area contributed by atoms with Crippen LogP contribution in [0.3, 0.4) is 0 Å². The van der Waals surface area contributed by atoms with Gasteiger partial charge in [-0.2, -0.15) is 0 Å². The number of rotatable bonds is 3. The van der Waals surface area contributed by atoms with Gasteiger partial charge in [0.25, 0.3) is 0 Å². The largest absolute Gasteiger partial charge is 0.325 e. The van der Waals surface area contributed by atoms with E-state index in [1.54, 1.807) is 0 Å². The molecule has 1 heterocycles. The van der Waals surface area contributed by atoms with Crippen molar-refractivity contribution in [1.82, 2.24) is 0 Å². The van der Waals surface area contributed by atoms with Crippen molar-refractivity contribution in [3.63, 3.8) is 0 Å². The number of benzene rings is 1. The minimum atomic E-state index is -0.224. The minimum absolute atomic E-state index is 0.186. The summed E-state index contributed by atoms with van der Waals surface area (Å²) in [5.74, 6) is 0.186. The highest BCUT2D eigenvalue weighted by Crippen LogP contribution is 2.28. The van der Waals surface area contributed by atoms with E-state index in [9.17, 15) is 4.79 Å². The van der Waals surface area contributed by atoms with Gasteiger partial charge in [0, 0.05) is 17.8 Å². The van der Waals surface area contributed by atoms with Crippen LogP contribution in [0, 0.1) is 0 Å². The number of carbonyl (C=O) groups is 1. The highest BCUT2D eigenvalue weighted by molar-refractivity contribution is 6.01. The Morgan fingerprint density at radius 3 is 2.75 bits per heavy atom. The molecule has 3 nitrogen and oxygen atoms in total. The second kappa shape index (κ2) is 3.91. The molecule has 86 valence electrons. The first kappa shape index (κ1) is 11.1. The van der Waals surface area contributed by atoms with Gasteiger partial charge in [-0.3, -0.25) is 4.79 Å². The molecular formula is C13H18N2O. The molecular weight excluding hydrogens is 200 g/mol. The lowest BCUT2D eigenvalue weighted by atomic mass is 10.0. The average Bonchev–Trinajstić information content (AvgIpc) is 2.49. The van der Waals surface area contributed by atoms with Crippen molar-refractivity contribution in [2.75, 3.05) is 11.4 Å². The van der Waals surface area contributed by atoms with Gasteiger partial charge in [-0.05, 0) is 31.9 Å². The average molecular weight is 218 g/mol. The van der Waals surface area contributed by atoms with Crippen molar-refractivity contribution in [1.29, 1.82) is 0 Å². The summed E-state index contributed by atoms with van der Waals surface area (Å²) >= 11 is 0. The Morgan fingerprint density at radius 1 is 1.38 bits per heavy atom. The van der Waals surface area contributed by atoms with Gasteiger partial charge in [-0.15, -0.1) is 0 Å². The zero-order chi connectivity index (χ0) is 11.8. The number of nitrogens with zero attached hydrogens (tertiary/aromatic N) is 1. The van der Waals surface area contributed by atoms with Crippen molar-refractivity contribution < 1.29 is 4.79 Å². The monoisotopic (exact) mass is 218 g/mol. The molecule has 1 aliphatic heterocycles. The quantitative estimate of drug-likeness (QED) is 0.839. The maximum absolute atomic E-state index is 11.8. The fourth-order valence-electron chi connectivity index (χ4n) is 1.96. The highest BCUT2D eigenvalue weighted by atomic mass is 16.2. The number of para-hydroxylation sites is 1. The molecule has 0 spiro atoms. The van der Waals surface area contributed by atoms with E-state index in [-0.39, 0.29) is 11.4 Å². The summed E-state index contributed by atoms with van der Waals surface area (Å²) in [5.41, 5.74) is 7.90. The van der Waals surface area contributed by atoms with Crippen molar-refractivity contribution in [2.45, 2.75) is 32.2 Å². The van der Waals surface area contributed by atoms with Crippen LogP contribution in [0.15, 0.2) is 24.3 Å². The molecule has 1 aromatic rings. The predicted molar refractivity (Wildman–Crippen MR) is 65.4 cm³/mol. The third-order valence-electron chi connectivity index (χ3n) is 2.90. The fraction of sp³-hybridized carbons (Fsp3) is 0.462. The third-order valence-corrected chi connectivity index (χ3v) is 2.90. The van der Waals surface area contributed by atoms with Gasteiger partial charge in [-0.1, -0.05) is 18.2 Å². The number of fused-ring (bicyclic) bond motifs is 1. The second-order valence-corrected chi connectivity index (χ2v) is 5.09. The van der Waals surface area contributed by atoms with Crippen LogP contribution in [-0.2, 0) is 11.2 Å². The summed E-state index contributed by atoms with van der Waals surface area (Å²) in [6, 6.07) is 7.96. The van der Waals surface area contributed by atoms with Crippen LogP contribution < -0.4 is 10.6 Å². The van der Waals surface area contributed by atoms with E-state index < -0.39 is 0 Å². The van der Waals surface area contributed by atoms with Crippen LogP contribution in [-0.4, -0.2) is 18.0 Å². The van der Waals surface area contributed by atoms with E-state index in [1.807, 2.05) is 43.0 Å². The lowest BCUT2D eigenvalue weighted by Gasteiger charge is -2.23. The van der Waals surface area contributed by atoms with Gasteiger partial charge in [0.2, 0.25) is 5.91 Å². The molecule has 0 aromatic heterocycles. The number of amides is 1. The number of anilines is 1. The number of hydrogen-bond acceptors (Lipinski definition) is 2. The number of nitrogens with two attached hydrogens (primary N) is 1. The van der Waals surface area contributed by atoms with Crippen LogP contribution >= 0.6 is 0 Å². The van der Waals surface area contributed by atoms with Gasteiger partial charge in [0.05, 0.1) is 6.42 Å². The Kier molecular flexibility index (Phi) is 2.72. The van der Waals surface area contributed by atoms with Crippen molar-refractivity contribution in [2.24, 2.45) is 5.73 Å². The van der Waals surface area contributed by atoms with Gasteiger partial charge in [-0.25, -0.2) is 0 Å². The molecule has 2 N–H and O–H groups in total. The summed E-state index contributed by atoms with van der Waals surface area (Å²) < 4.78 is 0. The first-order valence-corrected chi connectivity index (χ1v) is 5.64. The maximum Gasteiger partial charge on any atom is 0.231 e. The summed E-state index contributed by atoms with van der Waals surface area (Å²) in [5, 5.41) is 0. The van der Waals surface area contributed by atoms with Gasteiger partial charge < -0.3 is 10.6 Å². The third kappa shape index (κ3) is 2.25. The minimum Gasteiger partial charge on any atom is -0.325 e. The molecule has 1 aromatic carbocycles. The molecule has 0 saturated heterocycles. The van der Waals surface area contributed by atoms with Crippen molar-refractivity contribution >= 4 is 11.6 Å². The van der Waals surface area contributed by atoms with E-state index in [2.05, 4.69) is 0 Å². The molecule has 0 atom stereocenters. The lowest BCUT2D eigenvalue weighted by molar-refractivity contribution is -0.117. The molecule has 0 fully saturated rings.